The summed E-state index contributed by atoms with van der Waals surface area (Å²) in [5.41, 5.74) is 1.38. The number of aromatic nitrogens is 4. The molecular formula is C26H30FIN7O3S-. The number of halogens is 2. The molecule has 3 aromatic rings. The van der Waals surface area contributed by atoms with Crippen molar-refractivity contribution in [2.45, 2.75) is 52.3 Å². The number of imidazole rings is 1. The number of hydrogen-bond acceptors (Lipinski definition) is 8. The topological polar surface area (TPSA) is 123 Å². The van der Waals surface area contributed by atoms with Crippen LogP contribution in [0.15, 0.2) is 38.6 Å². The van der Waals surface area contributed by atoms with Crippen LogP contribution in [0.2, 0.25) is 0 Å². The van der Waals surface area contributed by atoms with E-state index in [1.165, 1.54) is 17.4 Å². The van der Waals surface area contributed by atoms with Gasteiger partial charge in [0.25, 0.3) is 0 Å². The van der Waals surface area contributed by atoms with Gasteiger partial charge in [-0.25, -0.2) is 0 Å². The van der Waals surface area contributed by atoms with E-state index in [1.54, 1.807) is 45.6 Å². The van der Waals surface area contributed by atoms with Crippen molar-refractivity contribution >= 4 is 40.6 Å². The van der Waals surface area contributed by atoms with Crippen LogP contribution in [0.1, 0.15) is 45.5 Å². The minimum atomic E-state index is -0.689. The first-order valence-corrected chi connectivity index (χ1v) is 15.4. The van der Waals surface area contributed by atoms with Gasteiger partial charge in [0, 0.05) is 0 Å². The summed E-state index contributed by atoms with van der Waals surface area (Å²) in [7, 11) is 0. The fourth-order valence-corrected chi connectivity index (χ4v) is 6.38. The van der Waals surface area contributed by atoms with E-state index in [2.05, 4.69) is 35.0 Å². The Morgan fingerprint density at radius 1 is 1.26 bits per heavy atom. The molecule has 0 spiro atoms. The van der Waals surface area contributed by atoms with Crippen molar-refractivity contribution in [3.63, 3.8) is 0 Å². The Kier molecular flexibility index (Phi) is 9.32. The van der Waals surface area contributed by atoms with E-state index in [1.807, 2.05) is 23.6 Å². The quantitative estimate of drug-likeness (QED) is 0.234. The molecule has 0 bridgehead atoms. The summed E-state index contributed by atoms with van der Waals surface area (Å²) in [6, 6.07) is 2.25. The van der Waals surface area contributed by atoms with Crippen LogP contribution in [0.25, 0.3) is 22.7 Å². The average Bonchev–Trinajstić information content (AvgIpc) is 3.43. The van der Waals surface area contributed by atoms with Gasteiger partial charge in [0.2, 0.25) is 0 Å². The molecule has 0 saturated carbocycles. The van der Waals surface area contributed by atoms with Crippen molar-refractivity contribution < 1.29 is 39.9 Å². The van der Waals surface area contributed by atoms with Crippen LogP contribution in [0.4, 0.5) is 14.3 Å². The van der Waals surface area contributed by atoms with Gasteiger partial charge in [0.1, 0.15) is 5.60 Å². The molecule has 13 heteroatoms. The number of carbonyl (C=O) groups is 2. The Labute approximate surface area is 240 Å². The molecule has 39 heavy (non-hydrogen) atoms. The van der Waals surface area contributed by atoms with E-state index in [0.717, 1.165) is 15.1 Å². The zero-order chi connectivity index (χ0) is 28.0. The molecule has 4 rings (SSSR count). The zero-order valence-corrected chi connectivity index (χ0v) is 25.0. The fraction of sp³-hybridized carbons (Fsp3) is 0.346. The number of anilines is 1. The summed E-state index contributed by atoms with van der Waals surface area (Å²) >= 11 is 0.861. The Bertz CT molecular complexity index is 1400. The van der Waals surface area contributed by atoms with Crippen molar-refractivity contribution in [2.24, 2.45) is 0 Å². The molecule has 0 unspecified atom stereocenters. The molecule has 10 nitrogen and oxygen atoms in total. The summed E-state index contributed by atoms with van der Waals surface area (Å²) in [6.07, 6.45) is 8.76. The molecule has 0 aliphatic carbocycles. The second-order valence-corrected chi connectivity index (χ2v) is 13.0. The minimum absolute atomic E-state index is 0.276. The Hall–Kier alpha value is -3.33. The van der Waals surface area contributed by atoms with Crippen molar-refractivity contribution in [3.8, 4) is 10.6 Å². The van der Waals surface area contributed by atoms with Crippen LogP contribution < -0.4 is 37.2 Å². The van der Waals surface area contributed by atoms with E-state index in [4.69, 9.17) is 4.74 Å². The number of hydrogen-bond donors (Lipinski definition) is 3. The van der Waals surface area contributed by atoms with Gasteiger partial charge in [-0.2, -0.15) is 0 Å². The van der Waals surface area contributed by atoms with Crippen LogP contribution in [0.3, 0.4) is 0 Å². The molecular weight excluding hydrogens is 636 g/mol. The first-order chi connectivity index (χ1) is 18.6. The first-order valence-electron chi connectivity index (χ1n) is 12.3. The average molecular weight is 667 g/mol. The van der Waals surface area contributed by atoms with Crippen LogP contribution in [0, 0.1) is 5.82 Å². The number of pyridine rings is 1. The van der Waals surface area contributed by atoms with Gasteiger partial charge in [0.05, 0.1) is 0 Å². The third-order valence-electron chi connectivity index (χ3n) is 5.36. The summed E-state index contributed by atoms with van der Waals surface area (Å²) in [5.74, 6) is -0.662. The molecule has 0 saturated heterocycles. The third kappa shape index (κ3) is 7.85. The Morgan fingerprint density at radius 2 is 2.08 bits per heavy atom. The van der Waals surface area contributed by atoms with Gasteiger partial charge in [-0.15, -0.1) is 0 Å². The molecule has 2 amide bonds. The maximum atomic E-state index is 14.1. The number of alkyl carbamates (subject to hydrolysis) is 1. The van der Waals surface area contributed by atoms with Gasteiger partial charge >= 0.3 is 215 Å². The second kappa shape index (κ2) is 12.7. The normalized spacial score (nSPS) is 13.8. The predicted octanol–water partition coefficient (Wildman–Crippen LogP) is 1.44. The van der Waals surface area contributed by atoms with E-state index in [0.29, 0.717) is 29.5 Å². The number of rotatable bonds is 9. The van der Waals surface area contributed by atoms with E-state index in [9.17, 15) is 14.0 Å². The SMILES string of the molecule is CC[C@H](NC(=O)OC(C)(C)C)C(=O)NCCn1cnc2c1C=C(Nc1ncc(-c3ncccc3F)s1)[I-]C=C2. The summed E-state index contributed by atoms with van der Waals surface area (Å²) in [6.45, 7) is 7.98. The van der Waals surface area contributed by atoms with Gasteiger partial charge in [-0.3, -0.25) is 0 Å². The van der Waals surface area contributed by atoms with E-state index < -0.39 is 38.9 Å². The molecule has 0 radical (unpaired) electrons. The molecule has 1 aliphatic heterocycles. The Balaban J connectivity index is 1.38. The standard InChI is InChI=1S/C26H30FIN7O3S/c1-5-17(33-25(37)38-26(2,3)4)23(36)30-11-12-35-15-32-18-8-9-28-21(13-19(18)35)34-24-31-14-20(39-24)22-16(27)7-6-10-29-22/h6-10,13-15,17H,5,11-12H2,1-4H3,(H,30,36)(H,31,34)(H,33,37)/q-1/t17-/m0/s1. The van der Waals surface area contributed by atoms with Gasteiger partial charge in [-0.1, -0.05) is 0 Å². The number of ether oxygens (including phenoxy) is 1. The molecule has 4 heterocycles. The zero-order valence-electron chi connectivity index (χ0n) is 22.0. The van der Waals surface area contributed by atoms with Crippen LogP contribution in [0.5, 0.6) is 0 Å². The number of amides is 2. The van der Waals surface area contributed by atoms with Gasteiger partial charge < -0.3 is 0 Å². The molecule has 0 aromatic carbocycles. The number of carbonyl (C=O) groups excluding carboxylic acids is 2. The predicted molar refractivity (Wildman–Crippen MR) is 145 cm³/mol. The summed E-state index contributed by atoms with van der Waals surface area (Å²) in [4.78, 5) is 38.4. The number of thiazole rings is 1. The Morgan fingerprint density at radius 3 is 2.82 bits per heavy atom. The monoisotopic (exact) mass is 666 g/mol. The number of nitrogens with zero attached hydrogens (tertiary/aromatic N) is 4. The van der Waals surface area contributed by atoms with Crippen molar-refractivity contribution in [1.29, 1.82) is 0 Å². The molecule has 3 N–H and O–H groups in total. The molecule has 208 valence electrons. The maximum absolute atomic E-state index is 14.1. The van der Waals surface area contributed by atoms with Crippen molar-refractivity contribution in [3.05, 3.63) is 55.8 Å². The summed E-state index contributed by atoms with van der Waals surface area (Å²) < 4.78 is 24.5. The number of nitrogens with one attached hydrogen (secondary N) is 3. The fourth-order valence-electron chi connectivity index (χ4n) is 3.58. The van der Waals surface area contributed by atoms with Crippen LogP contribution in [-0.4, -0.2) is 49.7 Å². The molecule has 1 atom stereocenters. The summed E-state index contributed by atoms with van der Waals surface area (Å²) in [5, 5.41) is 9.53. The van der Waals surface area contributed by atoms with Crippen LogP contribution >= 0.6 is 11.3 Å². The molecule has 3 aromatic heterocycles. The van der Waals surface area contributed by atoms with Crippen molar-refractivity contribution in [2.75, 3.05) is 11.9 Å². The molecule has 1 aliphatic rings. The second-order valence-electron chi connectivity index (χ2n) is 9.49. The van der Waals surface area contributed by atoms with Crippen molar-refractivity contribution in [1.82, 2.24) is 30.2 Å². The number of fused-ring (bicyclic) bond motifs is 1. The van der Waals surface area contributed by atoms with Gasteiger partial charge in [0.15, 0.2) is 0 Å². The van der Waals surface area contributed by atoms with E-state index in [-0.39, 0.29) is 17.4 Å². The molecule has 0 fully saturated rings. The van der Waals surface area contributed by atoms with E-state index >= 15 is 0 Å². The first kappa shape index (κ1) is 28.7. The van der Waals surface area contributed by atoms with Crippen LogP contribution in [-0.2, 0) is 16.1 Å². The third-order valence-corrected chi connectivity index (χ3v) is 8.26. The van der Waals surface area contributed by atoms with Gasteiger partial charge in [-0.05, 0) is 20.8 Å².